The predicted molar refractivity (Wildman–Crippen MR) is 54.8 cm³/mol. The maximum absolute atomic E-state index is 8.84. The first-order chi connectivity index (χ1) is 7.33. The molecule has 0 fully saturated rings. The molecule has 0 saturated heterocycles. The lowest BCUT2D eigenvalue weighted by Gasteiger charge is -1.96. The lowest BCUT2D eigenvalue weighted by Crippen LogP contribution is -1.77. The highest BCUT2D eigenvalue weighted by Crippen LogP contribution is 2.22. The lowest BCUT2D eigenvalue weighted by molar-refractivity contribution is 0.248. The van der Waals surface area contributed by atoms with Crippen LogP contribution in [0.15, 0.2) is 40.8 Å². The molecule has 2 aromatic rings. The van der Waals surface area contributed by atoms with E-state index in [1.165, 1.54) is 0 Å². The van der Waals surface area contributed by atoms with Gasteiger partial charge in [0.2, 0.25) is 0 Å². The Hall–Kier alpha value is -2.05. The van der Waals surface area contributed by atoms with Crippen LogP contribution in [0.5, 0.6) is 0 Å². The molecule has 2 rings (SSSR count). The standard InChI is InChI=1S/C12H9NO2/c13-7-9-1-3-10(4-2-9)12-6-5-11(8-14)15-12/h1-6,14H,8H2. The van der Waals surface area contributed by atoms with Crippen LogP contribution in [-0.2, 0) is 6.61 Å². The van der Waals surface area contributed by atoms with Crippen LogP contribution in [0.2, 0.25) is 0 Å². The maximum Gasteiger partial charge on any atom is 0.134 e. The van der Waals surface area contributed by atoms with Crippen molar-refractivity contribution in [2.45, 2.75) is 6.61 Å². The molecule has 0 bridgehead atoms. The van der Waals surface area contributed by atoms with Crippen molar-refractivity contribution >= 4 is 0 Å². The third-order valence-electron chi connectivity index (χ3n) is 2.12. The first-order valence-corrected chi connectivity index (χ1v) is 4.53. The number of benzene rings is 1. The molecule has 0 spiro atoms. The zero-order chi connectivity index (χ0) is 10.7. The summed E-state index contributed by atoms with van der Waals surface area (Å²) in [6.45, 7) is -0.101. The van der Waals surface area contributed by atoms with E-state index in [4.69, 9.17) is 14.8 Å². The van der Waals surface area contributed by atoms with E-state index in [2.05, 4.69) is 6.07 Å². The lowest BCUT2D eigenvalue weighted by atomic mass is 10.1. The van der Waals surface area contributed by atoms with Gasteiger partial charge in [-0.05, 0) is 36.4 Å². The molecule has 15 heavy (non-hydrogen) atoms. The average molecular weight is 199 g/mol. The molecule has 0 radical (unpaired) electrons. The Balaban J connectivity index is 2.33. The monoisotopic (exact) mass is 199 g/mol. The van der Waals surface area contributed by atoms with E-state index in [0.717, 1.165) is 5.56 Å². The van der Waals surface area contributed by atoms with Crippen LogP contribution in [0.25, 0.3) is 11.3 Å². The molecule has 0 amide bonds. The smallest absolute Gasteiger partial charge is 0.134 e. The van der Waals surface area contributed by atoms with E-state index in [-0.39, 0.29) is 6.61 Å². The van der Waals surface area contributed by atoms with Crippen LogP contribution in [0.3, 0.4) is 0 Å². The quantitative estimate of drug-likeness (QED) is 0.807. The maximum atomic E-state index is 8.84. The van der Waals surface area contributed by atoms with Gasteiger partial charge in [-0.1, -0.05) is 0 Å². The van der Waals surface area contributed by atoms with Crippen LogP contribution < -0.4 is 0 Å². The van der Waals surface area contributed by atoms with Crippen molar-refractivity contribution in [3.8, 4) is 17.4 Å². The number of hydrogen-bond acceptors (Lipinski definition) is 3. The fraction of sp³-hybridized carbons (Fsp3) is 0.0833. The fourth-order valence-corrected chi connectivity index (χ4v) is 1.33. The van der Waals surface area contributed by atoms with Gasteiger partial charge in [-0.25, -0.2) is 0 Å². The van der Waals surface area contributed by atoms with Crippen molar-refractivity contribution < 1.29 is 9.52 Å². The number of aliphatic hydroxyl groups excluding tert-OH is 1. The summed E-state index contributed by atoms with van der Waals surface area (Å²) in [5.41, 5.74) is 1.52. The van der Waals surface area contributed by atoms with Gasteiger partial charge >= 0.3 is 0 Å². The fourth-order valence-electron chi connectivity index (χ4n) is 1.33. The molecule has 0 aliphatic rings. The summed E-state index contributed by atoms with van der Waals surface area (Å²) >= 11 is 0. The molecule has 74 valence electrons. The highest BCUT2D eigenvalue weighted by atomic mass is 16.4. The van der Waals surface area contributed by atoms with Crippen molar-refractivity contribution in [1.29, 1.82) is 5.26 Å². The molecule has 0 saturated carbocycles. The van der Waals surface area contributed by atoms with E-state index in [9.17, 15) is 0 Å². The second kappa shape index (κ2) is 3.99. The van der Waals surface area contributed by atoms with Gasteiger partial charge in [-0.3, -0.25) is 0 Å². The van der Waals surface area contributed by atoms with Gasteiger partial charge in [0, 0.05) is 5.56 Å². The van der Waals surface area contributed by atoms with Gasteiger partial charge in [0.1, 0.15) is 18.1 Å². The van der Waals surface area contributed by atoms with Gasteiger partial charge in [0.25, 0.3) is 0 Å². The third kappa shape index (κ3) is 1.90. The summed E-state index contributed by atoms with van der Waals surface area (Å²) in [6.07, 6.45) is 0. The van der Waals surface area contributed by atoms with E-state index in [1.54, 1.807) is 24.3 Å². The SMILES string of the molecule is N#Cc1ccc(-c2ccc(CO)o2)cc1. The summed E-state index contributed by atoms with van der Waals surface area (Å²) < 4.78 is 5.36. The van der Waals surface area contributed by atoms with Crippen LogP contribution in [0.1, 0.15) is 11.3 Å². The molecule has 0 aliphatic carbocycles. The number of aliphatic hydroxyl groups is 1. The highest BCUT2D eigenvalue weighted by molar-refractivity contribution is 5.58. The van der Waals surface area contributed by atoms with Crippen molar-refractivity contribution in [2.75, 3.05) is 0 Å². The minimum atomic E-state index is -0.101. The van der Waals surface area contributed by atoms with Gasteiger partial charge < -0.3 is 9.52 Å². The van der Waals surface area contributed by atoms with Gasteiger partial charge in [-0.15, -0.1) is 0 Å². The van der Waals surface area contributed by atoms with Crippen LogP contribution in [0.4, 0.5) is 0 Å². The Bertz CT molecular complexity index is 491. The summed E-state index contributed by atoms with van der Waals surface area (Å²) in [5.74, 6) is 1.23. The van der Waals surface area contributed by atoms with Gasteiger partial charge in [0.15, 0.2) is 0 Å². The van der Waals surface area contributed by atoms with Crippen LogP contribution in [0, 0.1) is 11.3 Å². The number of nitriles is 1. The Morgan fingerprint density at radius 3 is 2.40 bits per heavy atom. The van der Waals surface area contributed by atoms with Crippen LogP contribution in [-0.4, -0.2) is 5.11 Å². The summed E-state index contributed by atoms with van der Waals surface area (Å²) in [6, 6.07) is 12.7. The Kier molecular flexibility index (Phi) is 2.53. The van der Waals surface area contributed by atoms with Crippen molar-refractivity contribution in [3.63, 3.8) is 0 Å². The molecule has 1 heterocycles. The molecule has 1 aromatic carbocycles. The second-order valence-electron chi connectivity index (χ2n) is 3.11. The minimum Gasteiger partial charge on any atom is -0.459 e. The molecule has 1 aromatic heterocycles. The Labute approximate surface area is 87.2 Å². The van der Waals surface area contributed by atoms with Crippen molar-refractivity contribution in [1.82, 2.24) is 0 Å². The topological polar surface area (TPSA) is 57.2 Å². The normalized spacial score (nSPS) is 9.87. The predicted octanol–water partition coefficient (Wildman–Crippen LogP) is 2.31. The first-order valence-electron chi connectivity index (χ1n) is 4.53. The molecule has 0 unspecified atom stereocenters. The van der Waals surface area contributed by atoms with Gasteiger partial charge in [0.05, 0.1) is 11.6 Å². The molecule has 0 atom stereocenters. The van der Waals surface area contributed by atoms with Crippen molar-refractivity contribution in [2.24, 2.45) is 0 Å². The average Bonchev–Trinajstić information content (AvgIpc) is 2.78. The Morgan fingerprint density at radius 1 is 1.13 bits per heavy atom. The molecular weight excluding hydrogens is 190 g/mol. The number of furan rings is 1. The Morgan fingerprint density at radius 2 is 1.87 bits per heavy atom. The van der Waals surface area contributed by atoms with Crippen LogP contribution >= 0.6 is 0 Å². The zero-order valence-corrected chi connectivity index (χ0v) is 7.97. The van der Waals surface area contributed by atoms with Crippen molar-refractivity contribution in [3.05, 3.63) is 47.7 Å². The number of rotatable bonds is 2. The number of hydrogen-bond donors (Lipinski definition) is 1. The van der Waals surface area contributed by atoms with Gasteiger partial charge in [-0.2, -0.15) is 5.26 Å². The molecule has 3 heteroatoms. The molecule has 3 nitrogen and oxygen atoms in total. The third-order valence-corrected chi connectivity index (χ3v) is 2.12. The highest BCUT2D eigenvalue weighted by Gasteiger charge is 2.03. The zero-order valence-electron chi connectivity index (χ0n) is 7.97. The minimum absolute atomic E-state index is 0.101. The van der Waals surface area contributed by atoms with E-state index in [1.807, 2.05) is 12.1 Å². The van der Waals surface area contributed by atoms with E-state index in [0.29, 0.717) is 17.1 Å². The summed E-state index contributed by atoms with van der Waals surface area (Å²) in [5, 5.41) is 17.5. The largest absolute Gasteiger partial charge is 0.459 e. The molecule has 0 aliphatic heterocycles. The second-order valence-corrected chi connectivity index (χ2v) is 3.11. The number of nitrogens with zero attached hydrogens (tertiary/aromatic N) is 1. The summed E-state index contributed by atoms with van der Waals surface area (Å²) in [7, 11) is 0. The summed E-state index contributed by atoms with van der Waals surface area (Å²) in [4.78, 5) is 0. The van der Waals surface area contributed by atoms with E-state index >= 15 is 0 Å². The van der Waals surface area contributed by atoms with E-state index < -0.39 is 0 Å². The first kappa shape index (κ1) is 9.50. The molecule has 1 N–H and O–H groups in total. The molecular formula is C12H9NO2.